The summed E-state index contributed by atoms with van der Waals surface area (Å²) >= 11 is 0. The van der Waals surface area contributed by atoms with Crippen LogP contribution in [0.15, 0.2) is 36.0 Å². The van der Waals surface area contributed by atoms with E-state index in [-0.39, 0.29) is 28.2 Å². The number of hydrogen-bond donors (Lipinski definition) is 1. The average Bonchev–Trinajstić information content (AvgIpc) is 2.78. The number of carbonyl (C=O) groups is 1. The van der Waals surface area contributed by atoms with Crippen molar-refractivity contribution in [2.45, 2.75) is 33.6 Å². The monoisotopic (exact) mass is 300 g/mol. The summed E-state index contributed by atoms with van der Waals surface area (Å²) in [5, 5.41) is 13.8. The Labute approximate surface area is 129 Å². The van der Waals surface area contributed by atoms with E-state index < -0.39 is 4.92 Å². The van der Waals surface area contributed by atoms with Crippen molar-refractivity contribution in [2.24, 2.45) is 16.7 Å². The number of carbonyl (C=O) groups excluding carboxylic acids is 1. The Bertz CT molecular complexity index is 676. The van der Waals surface area contributed by atoms with Crippen LogP contribution in [0.2, 0.25) is 0 Å². The molecule has 5 heteroatoms. The molecule has 1 N–H and O–H groups in total. The minimum Gasteiger partial charge on any atom is -0.361 e. The number of ketones is 1. The number of rotatable bonds is 3. The first kappa shape index (κ1) is 14.8. The lowest BCUT2D eigenvalue weighted by Gasteiger charge is -2.31. The summed E-state index contributed by atoms with van der Waals surface area (Å²) in [5.74, 6) is 0.527. The van der Waals surface area contributed by atoms with Crippen LogP contribution >= 0.6 is 0 Å². The number of allylic oxidation sites excluding steroid dienone is 1. The molecule has 0 aromatic heterocycles. The molecule has 0 aliphatic heterocycles. The van der Waals surface area contributed by atoms with Gasteiger partial charge in [0.25, 0.3) is 5.69 Å². The van der Waals surface area contributed by atoms with Gasteiger partial charge in [0.05, 0.1) is 4.92 Å². The molecular weight excluding hydrogens is 280 g/mol. The number of benzene rings is 1. The zero-order valence-corrected chi connectivity index (χ0v) is 13.1. The number of nitro benzene ring substituents is 1. The summed E-state index contributed by atoms with van der Waals surface area (Å²) in [6.07, 6.45) is 3.79. The predicted octanol–water partition coefficient (Wildman–Crippen LogP) is 3.92. The standard InChI is InChI=1S/C17H20N2O3/c1-16(2)14-8-9-17(16,3)15(20)13(14)10-18-11-4-6-12(7-5-11)19(21)22/h4-7,10,14,18H,8-9H2,1-3H3/b13-10+/t14-,17+/m0/s1. The molecule has 0 radical (unpaired) electrons. The van der Waals surface area contributed by atoms with Gasteiger partial charge in [0, 0.05) is 35.0 Å². The van der Waals surface area contributed by atoms with Gasteiger partial charge in [-0.25, -0.2) is 0 Å². The van der Waals surface area contributed by atoms with E-state index in [1.807, 2.05) is 0 Å². The van der Waals surface area contributed by atoms with E-state index in [4.69, 9.17) is 0 Å². The highest BCUT2D eigenvalue weighted by molar-refractivity contribution is 6.04. The van der Waals surface area contributed by atoms with E-state index in [0.717, 1.165) is 24.1 Å². The minimum atomic E-state index is -0.426. The Morgan fingerprint density at radius 2 is 1.91 bits per heavy atom. The number of nitrogens with one attached hydrogen (secondary N) is 1. The van der Waals surface area contributed by atoms with Crippen molar-refractivity contribution in [1.29, 1.82) is 0 Å². The Balaban J connectivity index is 1.82. The second-order valence-electron chi connectivity index (χ2n) is 7.02. The molecule has 2 saturated carbocycles. The van der Waals surface area contributed by atoms with Gasteiger partial charge in [-0.15, -0.1) is 0 Å². The summed E-state index contributed by atoms with van der Waals surface area (Å²) in [6.45, 7) is 6.42. The average molecular weight is 300 g/mol. The molecule has 0 amide bonds. The lowest BCUT2D eigenvalue weighted by atomic mass is 9.70. The molecule has 2 bridgehead atoms. The molecule has 116 valence electrons. The molecular formula is C17H20N2O3. The maximum absolute atomic E-state index is 12.7. The normalized spacial score (nSPS) is 30.8. The molecule has 2 fully saturated rings. The third-order valence-corrected chi connectivity index (χ3v) is 5.84. The van der Waals surface area contributed by atoms with Gasteiger partial charge < -0.3 is 5.32 Å². The van der Waals surface area contributed by atoms with Gasteiger partial charge in [0.2, 0.25) is 0 Å². The maximum atomic E-state index is 12.7. The number of non-ortho nitro benzene ring substituents is 1. The molecule has 22 heavy (non-hydrogen) atoms. The Morgan fingerprint density at radius 3 is 2.41 bits per heavy atom. The van der Waals surface area contributed by atoms with Gasteiger partial charge in [0.15, 0.2) is 5.78 Å². The van der Waals surface area contributed by atoms with E-state index in [9.17, 15) is 14.9 Å². The number of fused-ring (bicyclic) bond motifs is 2. The number of nitrogens with zero attached hydrogens (tertiary/aromatic N) is 1. The highest BCUT2D eigenvalue weighted by atomic mass is 16.6. The van der Waals surface area contributed by atoms with Gasteiger partial charge >= 0.3 is 0 Å². The fourth-order valence-electron chi connectivity index (χ4n) is 3.93. The molecule has 2 aliphatic rings. The van der Waals surface area contributed by atoms with E-state index >= 15 is 0 Å². The summed E-state index contributed by atoms with van der Waals surface area (Å²) < 4.78 is 0. The van der Waals surface area contributed by atoms with Gasteiger partial charge in [-0.05, 0) is 36.3 Å². The first-order chi connectivity index (χ1) is 10.3. The molecule has 0 unspecified atom stereocenters. The first-order valence-electron chi connectivity index (χ1n) is 7.53. The molecule has 0 spiro atoms. The number of anilines is 1. The van der Waals surface area contributed by atoms with Crippen LogP contribution in [-0.2, 0) is 4.79 Å². The summed E-state index contributed by atoms with van der Waals surface area (Å²) in [4.78, 5) is 22.9. The second kappa shape index (κ2) is 4.66. The molecule has 2 aliphatic carbocycles. The lowest BCUT2D eigenvalue weighted by Crippen LogP contribution is -2.32. The van der Waals surface area contributed by atoms with E-state index in [1.165, 1.54) is 12.1 Å². The summed E-state index contributed by atoms with van der Waals surface area (Å²) in [5.41, 5.74) is 1.39. The highest BCUT2D eigenvalue weighted by Crippen LogP contribution is 2.65. The van der Waals surface area contributed by atoms with E-state index in [0.29, 0.717) is 0 Å². The van der Waals surface area contributed by atoms with Crippen LogP contribution < -0.4 is 5.32 Å². The molecule has 5 nitrogen and oxygen atoms in total. The summed E-state index contributed by atoms with van der Waals surface area (Å²) in [6, 6.07) is 6.21. The Kier molecular flexibility index (Phi) is 3.13. The van der Waals surface area contributed by atoms with Crippen LogP contribution in [0.5, 0.6) is 0 Å². The number of Topliss-reactive ketones (excluding diaryl/α,β-unsaturated/α-hetero) is 1. The zero-order chi connectivity index (χ0) is 16.1. The van der Waals surface area contributed by atoms with Crippen molar-refractivity contribution in [3.8, 4) is 0 Å². The Hall–Kier alpha value is -2.17. The molecule has 0 heterocycles. The predicted molar refractivity (Wildman–Crippen MR) is 84.4 cm³/mol. The van der Waals surface area contributed by atoms with Gasteiger partial charge in [-0.2, -0.15) is 0 Å². The largest absolute Gasteiger partial charge is 0.361 e. The first-order valence-corrected chi connectivity index (χ1v) is 7.53. The van der Waals surface area contributed by atoms with E-state index in [2.05, 4.69) is 26.1 Å². The lowest BCUT2D eigenvalue weighted by molar-refractivity contribution is -0.384. The molecule has 1 aromatic carbocycles. The zero-order valence-electron chi connectivity index (χ0n) is 13.1. The highest BCUT2D eigenvalue weighted by Gasteiger charge is 2.63. The fourth-order valence-corrected chi connectivity index (χ4v) is 3.93. The van der Waals surface area contributed by atoms with Gasteiger partial charge in [-0.3, -0.25) is 14.9 Å². The molecule has 2 atom stereocenters. The van der Waals surface area contributed by atoms with Crippen LogP contribution in [0.3, 0.4) is 0 Å². The fraction of sp³-hybridized carbons (Fsp3) is 0.471. The van der Waals surface area contributed by atoms with Crippen LogP contribution in [0.4, 0.5) is 11.4 Å². The van der Waals surface area contributed by atoms with Crippen LogP contribution in [0.25, 0.3) is 0 Å². The third-order valence-electron chi connectivity index (χ3n) is 5.84. The van der Waals surface area contributed by atoms with Crippen LogP contribution in [0.1, 0.15) is 33.6 Å². The minimum absolute atomic E-state index is 0.00687. The van der Waals surface area contributed by atoms with E-state index in [1.54, 1.807) is 18.3 Å². The van der Waals surface area contributed by atoms with Crippen molar-refractivity contribution >= 4 is 17.2 Å². The van der Waals surface area contributed by atoms with Crippen LogP contribution in [-0.4, -0.2) is 10.7 Å². The van der Waals surface area contributed by atoms with Crippen molar-refractivity contribution < 1.29 is 9.72 Å². The SMILES string of the molecule is CC1(C)[C@H]2CC[C@]1(C)C(=O)/C2=C/Nc1ccc([N+](=O)[O-])cc1. The molecule has 1 aromatic rings. The number of nitro groups is 1. The Morgan fingerprint density at radius 1 is 1.27 bits per heavy atom. The van der Waals surface area contributed by atoms with Crippen LogP contribution in [0, 0.1) is 26.9 Å². The second-order valence-corrected chi connectivity index (χ2v) is 7.02. The van der Waals surface area contributed by atoms with Gasteiger partial charge in [0.1, 0.15) is 0 Å². The van der Waals surface area contributed by atoms with Crippen molar-refractivity contribution in [3.05, 3.63) is 46.2 Å². The molecule has 3 rings (SSSR count). The smallest absolute Gasteiger partial charge is 0.269 e. The summed E-state index contributed by atoms with van der Waals surface area (Å²) in [7, 11) is 0. The number of hydrogen-bond acceptors (Lipinski definition) is 4. The van der Waals surface area contributed by atoms with Crippen molar-refractivity contribution in [2.75, 3.05) is 5.32 Å². The van der Waals surface area contributed by atoms with Crippen molar-refractivity contribution in [3.63, 3.8) is 0 Å². The third kappa shape index (κ3) is 1.88. The van der Waals surface area contributed by atoms with Gasteiger partial charge in [-0.1, -0.05) is 20.8 Å². The topological polar surface area (TPSA) is 72.2 Å². The maximum Gasteiger partial charge on any atom is 0.269 e. The molecule has 0 saturated heterocycles. The van der Waals surface area contributed by atoms with Crippen molar-refractivity contribution in [1.82, 2.24) is 0 Å². The quantitative estimate of drug-likeness (QED) is 0.522.